The number of ketones is 1. The molecule has 0 aliphatic heterocycles. The summed E-state index contributed by atoms with van der Waals surface area (Å²) in [6.45, 7) is 6.87. The minimum atomic E-state index is 0.0112. The molecule has 0 atom stereocenters. The zero-order valence-corrected chi connectivity index (χ0v) is 13.4. The molecule has 0 aliphatic rings. The van der Waals surface area contributed by atoms with Crippen LogP contribution >= 0.6 is 0 Å². The minimum Gasteiger partial charge on any atom is -0.494 e. The highest BCUT2D eigenvalue weighted by atomic mass is 16.5. The van der Waals surface area contributed by atoms with Crippen LogP contribution in [0.1, 0.15) is 48.2 Å². The highest BCUT2D eigenvalue weighted by Gasteiger charge is 2.03. The average Bonchev–Trinajstić information content (AvgIpc) is 2.53. The van der Waals surface area contributed by atoms with Gasteiger partial charge in [-0.2, -0.15) is 0 Å². The molecule has 0 saturated carbocycles. The average molecular weight is 294 g/mol. The van der Waals surface area contributed by atoms with E-state index >= 15 is 0 Å². The van der Waals surface area contributed by atoms with Crippen molar-refractivity contribution in [1.29, 1.82) is 0 Å². The van der Waals surface area contributed by atoms with Gasteiger partial charge in [-0.15, -0.1) is 0 Å². The quantitative estimate of drug-likeness (QED) is 0.547. The third-order valence-electron chi connectivity index (χ3n) is 3.46. The van der Waals surface area contributed by atoms with Gasteiger partial charge in [-0.3, -0.25) is 4.79 Å². The largest absolute Gasteiger partial charge is 0.494 e. The smallest absolute Gasteiger partial charge is 0.185 e. The maximum atomic E-state index is 12.2. The Kier molecular flexibility index (Phi) is 5.54. The number of ether oxygens (including phenoxy) is 1. The van der Waals surface area contributed by atoms with Crippen LogP contribution in [0.25, 0.3) is 6.08 Å². The van der Waals surface area contributed by atoms with Crippen molar-refractivity contribution in [2.45, 2.75) is 26.7 Å². The first-order chi connectivity index (χ1) is 10.6. The van der Waals surface area contributed by atoms with Crippen LogP contribution in [0.3, 0.4) is 0 Å². The van der Waals surface area contributed by atoms with Crippen molar-refractivity contribution >= 4 is 11.9 Å². The van der Waals surface area contributed by atoms with E-state index in [1.807, 2.05) is 61.5 Å². The topological polar surface area (TPSA) is 26.3 Å². The molecule has 0 saturated heterocycles. The predicted octanol–water partition coefficient (Wildman–Crippen LogP) is 5.10. The molecule has 0 unspecified atom stereocenters. The van der Waals surface area contributed by atoms with Crippen molar-refractivity contribution in [1.82, 2.24) is 0 Å². The molecule has 0 heterocycles. The maximum Gasteiger partial charge on any atom is 0.185 e. The Morgan fingerprint density at radius 3 is 2.50 bits per heavy atom. The molecule has 22 heavy (non-hydrogen) atoms. The predicted molar refractivity (Wildman–Crippen MR) is 91.5 cm³/mol. The molecule has 2 aromatic carbocycles. The molecule has 0 spiro atoms. The van der Waals surface area contributed by atoms with Gasteiger partial charge in [0.15, 0.2) is 5.78 Å². The summed E-state index contributed by atoms with van der Waals surface area (Å²) in [5.74, 6) is 1.30. The number of carbonyl (C=O) groups is 1. The number of allylic oxidation sites excluding steroid dienone is 1. The van der Waals surface area contributed by atoms with E-state index in [1.54, 1.807) is 6.08 Å². The van der Waals surface area contributed by atoms with Crippen molar-refractivity contribution in [2.75, 3.05) is 6.61 Å². The lowest BCUT2D eigenvalue weighted by Gasteiger charge is -2.05. The van der Waals surface area contributed by atoms with E-state index in [0.29, 0.717) is 18.1 Å². The minimum absolute atomic E-state index is 0.0112. The van der Waals surface area contributed by atoms with Crippen LogP contribution in [0.2, 0.25) is 0 Å². The molecule has 0 amide bonds. The third kappa shape index (κ3) is 4.32. The Labute approximate surface area is 132 Å². The zero-order chi connectivity index (χ0) is 15.9. The van der Waals surface area contributed by atoms with Crippen molar-refractivity contribution in [2.24, 2.45) is 0 Å². The molecule has 2 nitrogen and oxygen atoms in total. The lowest BCUT2D eigenvalue weighted by Crippen LogP contribution is -1.95. The molecule has 0 fully saturated rings. The van der Waals surface area contributed by atoms with Crippen LogP contribution < -0.4 is 4.74 Å². The fourth-order valence-corrected chi connectivity index (χ4v) is 2.18. The van der Waals surface area contributed by atoms with E-state index in [2.05, 4.69) is 13.8 Å². The molecule has 2 heteroatoms. The summed E-state index contributed by atoms with van der Waals surface area (Å²) in [6, 6.07) is 15.5. The van der Waals surface area contributed by atoms with E-state index in [1.165, 1.54) is 5.56 Å². The second-order valence-corrected chi connectivity index (χ2v) is 5.48. The van der Waals surface area contributed by atoms with Crippen LogP contribution in [-0.2, 0) is 0 Å². The number of hydrogen-bond donors (Lipinski definition) is 0. The summed E-state index contributed by atoms with van der Waals surface area (Å²) in [6.07, 6.45) is 3.43. The van der Waals surface area contributed by atoms with Crippen molar-refractivity contribution < 1.29 is 9.53 Å². The highest BCUT2D eigenvalue weighted by Crippen LogP contribution is 2.17. The molecular formula is C20H22O2. The number of hydrogen-bond acceptors (Lipinski definition) is 2. The molecule has 0 aliphatic carbocycles. The Morgan fingerprint density at radius 2 is 1.86 bits per heavy atom. The summed E-state index contributed by atoms with van der Waals surface area (Å²) in [5.41, 5.74) is 2.91. The van der Waals surface area contributed by atoms with Gasteiger partial charge in [-0.25, -0.2) is 0 Å². The Balaban J connectivity index is 2.09. The maximum absolute atomic E-state index is 12.2. The Morgan fingerprint density at radius 1 is 1.14 bits per heavy atom. The summed E-state index contributed by atoms with van der Waals surface area (Å²) in [5, 5.41) is 0. The number of benzene rings is 2. The first-order valence-electron chi connectivity index (χ1n) is 7.65. The molecular weight excluding hydrogens is 272 g/mol. The van der Waals surface area contributed by atoms with Crippen LogP contribution in [0.15, 0.2) is 54.6 Å². The van der Waals surface area contributed by atoms with Crippen LogP contribution in [-0.4, -0.2) is 12.4 Å². The van der Waals surface area contributed by atoms with Gasteiger partial charge in [0.2, 0.25) is 0 Å². The van der Waals surface area contributed by atoms with E-state index in [-0.39, 0.29) is 5.78 Å². The standard InChI is InChI=1S/C20H22O2/c1-4-22-19-7-5-6-16(14-19)8-13-20(21)18-11-9-17(10-12-18)15(2)3/h5-15H,4H2,1-3H3/b13-8+. The van der Waals surface area contributed by atoms with E-state index in [4.69, 9.17) is 4.74 Å². The zero-order valence-electron chi connectivity index (χ0n) is 13.4. The van der Waals surface area contributed by atoms with Crippen molar-refractivity contribution in [3.05, 3.63) is 71.3 Å². The highest BCUT2D eigenvalue weighted by molar-refractivity contribution is 6.06. The molecule has 0 aromatic heterocycles. The van der Waals surface area contributed by atoms with Crippen molar-refractivity contribution in [3.8, 4) is 5.75 Å². The van der Waals surface area contributed by atoms with Gasteiger partial charge in [-0.05, 0) is 42.2 Å². The van der Waals surface area contributed by atoms with Gasteiger partial charge in [0.1, 0.15) is 5.75 Å². The monoisotopic (exact) mass is 294 g/mol. The SMILES string of the molecule is CCOc1cccc(/C=C/C(=O)c2ccc(C(C)C)cc2)c1. The molecule has 114 valence electrons. The first kappa shape index (κ1) is 16.0. The lowest BCUT2D eigenvalue weighted by atomic mass is 10.0. The van der Waals surface area contributed by atoms with Gasteiger partial charge in [0, 0.05) is 5.56 Å². The fraction of sp³-hybridized carbons (Fsp3) is 0.250. The molecule has 0 N–H and O–H groups in total. The summed E-state index contributed by atoms with van der Waals surface area (Å²) in [7, 11) is 0. The number of carbonyl (C=O) groups excluding carboxylic acids is 1. The van der Waals surface area contributed by atoms with E-state index in [0.717, 1.165) is 11.3 Å². The van der Waals surface area contributed by atoms with Crippen molar-refractivity contribution in [3.63, 3.8) is 0 Å². The van der Waals surface area contributed by atoms with Crippen LogP contribution in [0.5, 0.6) is 5.75 Å². The van der Waals surface area contributed by atoms with Gasteiger partial charge in [0.25, 0.3) is 0 Å². The Bertz CT molecular complexity index is 652. The lowest BCUT2D eigenvalue weighted by molar-refractivity contribution is 0.104. The second-order valence-electron chi connectivity index (χ2n) is 5.48. The number of rotatable bonds is 6. The van der Waals surface area contributed by atoms with Gasteiger partial charge >= 0.3 is 0 Å². The normalized spacial score (nSPS) is 11.1. The van der Waals surface area contributed by atoms with Gasteiger partial charge < -0.3 is 4.74 Å². The van der Waals surface area contributed by atoms with Crippen LogP contribution in [0, 0.1) is 0 Å². The van der Waals surface area contributed by atoms with Crippen LogP contribution in [0.4, 0.5) is 0 Å². The summed E-state index contributed by atoms with van der Waals surface area (Å²) in [4.78, 5) is 12.2. The molecule has 0 bridgehead atoms. The van der Waals surface area contributed by atoms with Gasteiger partial charge in [-0.1, -0.05) is 56.3 Å². The second kappa shape index (κ2) is 7.60. The molecule has 2 rings (SSSR count). The van der Waals surface area contributed by atoms with E-state index < -0.39 is 0 Å². The summed E-state index contributed by atoms with van der Waals surface area (Å²) < 4.78 is 5.45. The fourth-order valence-electron chi connectivity index (χ4n) is 2.18. The molecule has 2 aromatic rings. The molecule has 0 radical (unpaired) electrons. The first-order valence-corrected chi connectivity index (χ1v) is 7.65. The Hall–Kier alpha value is -2.35. The third-order valence-corrected chi connectivity index (χ3v) is 3.46. The summed E-state index contributed by atoms with van der Waals surface area (Å²) >= 11 is 0. The van der Waals surface area contributed by atoms with E-state index in [9.17, 15) is 4.79 Å². The van der Waals surface area contributed by atoms with Gasteiger partial charge in [0.05, 0.1) is 6.61 Å².